The number of hydrogen-bond acceptors (Lipinski definition) is 4. The molecule has 1 unspecified atom stereocenters. The highest BCUT2D eigenvalue weighted by Crippen LogP contribution is 2.16. The lowest BCUT2D eigenvalue weighted by molar-refractivity contribution is -0.146. The molecule has 18 heavy (non-hydrogen) atoms. The van der Waals surface area contributed by atoms with E-state index >= 15 is 0 Å². The maximum Gasteiger partial charge on any atom is 0.309 e. The van der Waals surface area contributed by atoms with Gasteiger partial charge in [-0.2, -0.15) is 0 Å². The van der Waals surface area contributed by atoms with E-state index in [1.807, 2.05) is 18.3 Å². The molecule has 4 heteroatoms. The summed E-state index contributed by atoms with van der Waals surface area (Å²) in [5, 5.41) is 2.13. The highest BCUT2D eigenvalue weighted by molar-refractivity contribution is 7.10. The van der Waals surface area contributed by atoms with Crippen molar-refractivity contribution >= 4 is 17.3 Å². The summed E-state index contributed by atoms with van der Waals surface area (Å²) in [5.41, 5.74) is 1.37. The summed E-state index contributed by atoms with van der Waals surface area (Å²) in [6.07, 6.45) is 1.88. The fourth-order valence-corrected chi connectivity index (χ4v) is 2.86. The molecule has 0 aliphatic heterocycles. The van der Waals surface area contributed by atoms with Gasteiger partial charge in [-0.1, -0.05) is 6.92 Å². The SMILES string of the molecule is CCC(CN(C)CCc1sccc1C)C(=O)OC. The van der Waals surface area contributed by atoms with Crippen molar-refractivity contribution in [3.05, 3.63) is 21.9 Å². The van der Waals surface area contributed by atoms with E-state index in [1.165, 1.54) is 17.6 Å². The average Bonchev–Trinajstić information content (AvgIpc) is 2.78. The average molecular weight is 269 g/mol. The monoisotopic (exact) mass is 269 g/mol. The molecule has 1 rings (SSSR count). The van der Waals surface area contributed by atoms with Crippen molar-refractivity contribution in [3.8, 4) is 0 Å². The summed E-state index contributed by atoms with van der Waals surface area (Å²) in [4.78, 5) is 15.2. The van der Waals surface area contributed by atoms with Crippen LogP contribution in [-0.4, -0.2) is 38.1 Å². The van der Waals surface area contributed by atoms with E-state index in [9.17, 15) is 4.79 Å². The van der Waals surface area contributed by atoms with Crippen LogP contribution in [0.15, 0.2) is 11.4 Å². The first kappa shape index (κ1) is 15.2. The van der Waals surface area contributed by atoms with E-state index < -0.39 is 0 Å². The predicted molar refractivity (Wildman–Crippen MR) is 76.1 cm³/mol. The first-order chi connectivity index (χ1) is 8.58. The van der Waals surface area contributed by atoms with Gasteiger partial charge in [0.1, 0.15) is 0 Å². The Morgan fingerprint density at radius 1 is 1.56 bits per heavy atom. The van der Waals surface area contributed by atoms with Crippen molar-refractivity contribution in [2.24, 2.45) is 5.92 Å². The van der Waals surface area contributed by atoms with Crippen LogP contribution in [0.2, 0.25) is 0 Å². The number of likely N-dealkylation sites (N-methyl/N-ethyl adjacent to an activating group) is 1. The van der Waals surface area contributed by atoms with Gasteiger partial charge in [0.05, 0.1) is 13.0 Å². The number of hydrogen-bond donors (Lipinski definition) is 0. The fourth-order valence-electron chi connectivity index (χ4n) is 1.96. The van der Waals surface area contributed by atoms with Gasteiger partial charge in [0.2, 0.25) is 0 Å². The van der Waals surface area contributed by atoms with Crippen LogP contribution in [0.4, 0.5) is 0 Å². The van der Waals surface area contributed by atoms with Crippen LogP contribution in [0.3, 0.4) is 0 Å². The number of thiophene rings is 1. The van der Waals surface area contributed by atoms with Crippen molar-refractivity contribution in [2.45, 2.75) is 26.7 Å². The van der Waals surface area contributed by atoms with Crippen LogP contribution in [0.1, 0.15) is 23.8 Å². The van der Waals surface area contributed by atoms with Crippen LogP contribution >= 0.6 is 11.3 Å². The lowest BCUT2D eigenvalue weighted by Crippen LogP contribution is -2.32. The predicted octanol–water partition coefficient (Wildman–Crippen LogP) is 2.73. The molecule has 0 spiro atoms. The molecule has 0 bridgehead atoms. The van der Waals surface area contributed by atoms with Gasteiger partial charge in [0, 0.05) is 18.0 Å². The minimum absolute atomic E-state index is 0.00978. The molecular formula is C14H23NO2S. The van der Waals surface area contributed by atoms with Crippen LogP contribution in [0.25, 0.3) is 0 Å². The quantitative estimate of drug-likeness (QED) is 0.713. The summed E-state index contributed by atoms with van der Waals surface area (Å²) in [7, 11) is 3.52. The minimum atomic E-state index is -0.100. The van der Waals surface area contributed by atoms with E-state index in [2.05, 4.69) is 30.3 Å². The molecule has 0 aliphatic rings. The number of methoxy groups -OCH3 is 1. The fraction of sp³-hybridized carbons (Fsp3) is 0.643. The van der Waals surface area contributed by atoms with E-state index in [1.54, 1.807) is 0 Å². The number of rotatable bonds is 7. The van der Waals surface area contributed by atoms with Crippen LogP contribution in [0.5, 0.6) is 0 Å². The topological polar surface area (TPSA) is 29.5 Å². The second-order valence-corrected chi connectivity index (χ2v) is 5.67. The number of nitrogens with zero attached hydrogens (tertiary/aromatic N) is 1. The van der Waals surface area contributed by atoms with Gasteiger partial charge < -0.3 is 9.64 Å². The Morgan fingerprint density at radius 2 is 2.28 bits per heavy atom. The second kappa shape index (κ2) is 7.54. The molecule has 0 aromatic carbocycles. The van der Waals surface area contributed by atoms with Crippen molar-refractivity contribution in [2.75, 3.05) is 27.2 Å². The summed E-state index contributed by atoms with van der Waals surface area (Å²) in [6.45, 7) is 5.93. The zero-order chi connectivity index (χ0) is 13.5. The second-order valence-electron chi connectivity index (χ2n) is 4.67. The Kier molecular flexibility index (Phi) is 6.36. The molecule has 0 saturated heterocycles. The summed E-state index contributed by atoms with van der Waals surface area (Å²) < 4.78 is 4.81. The Hall–Kier alpha value is -0.870. The molecular weight excluding hydrogens is 246 g/mol. The highest BCUT2D eigenvalue weighted by Gasteiger charge is 2.18. The van der Waals surface area contributed by atoms with Gasteiger partial charge in [-0.25, -0.2) is 0 Å². The molecule has 1 aromatic rings. The molecule has 102 valence electrons. The third-order valence-electron chi connectivity index (χ3n) is 3.25. The Balaban J connectivity index is 2.39. The zero-order valence-electron chi connectivity index (χ0n) is 11.7. The van der Waals surface area contributed by atoms with E-state index in [0.29, 0.717) is 0 Å². The van der Waals surface area contributed by atoms with Crippen molar-refractivity contribution in [1.29, 1.82) is 0 Å². The van der Waals surface area contributed by atoms with E-state index in [4.69, 9.17) is 4.74 Å². The van der Waals surface area contributed by atoms with Crippen molar-refractivity contribution < 1.29 is 9.53 Å². The maximum atomic E-state index is 11.5. The molecule has 0 saturated carbocycles. The molecule has 1 atom stereocenters. The Labute approximate surface area is 114 Å². The molecule has 0 amide bonds. The van der Waals surface area contributed by atoms with Crippen LogP contribution in [0, 0.1) is 12.8 Å². The number of esters is 1. The lowest BCUT2D eigenvalue weighted by atomic mass is 10.1. The van der Waals surface area contributed by atoms with Crippen LogP contribution < -0.4 is 0 Å². The summed E-state index contributed by atoms with van der Waals surface area (Å²) in [5.74, 6) is -0.110. The third-order valence-corrected chi connectivity index (χ3v) is 4.33. The zero-order valence-corrected chi connectivity index (χ0v) is 12.5. The first-order valence-corrected chi connectivity index (χ1v) is 7.25. The third kappa shape index (κ3) is 4.42. The smallest absolute Gasteiger partial charge is 0.309 e. The van der Waals surface area contributed by atoms with Gasteiger partial charge in [-0.3, -0.25) is 4.79 Å². The summed E-state index contributed by atoms with van der Waals surface area (Å²) >= 11 is 1.81. The summed E-state index contributed by atoms with van der Waals surface area (Å²) in [6, 6.07) is 2.16. The standard InChI is InChI=1S/C14H23NO2S/c1-5-12(14(16)17-4)10-15(3)8-6-13-11(2)7-9-18-13/h7,9,12H,5-6,8,10H2,1-4H3. The molecule has 0 fully saturated rings. The number of aryl methyl sites for hydroxylation is 1. The Morgan fingerprint density at radius 3 is 2.78 bits per heavy atom. The molecule has 1 aromatic heterocycles. The Bertz CT molecular complexity index is 376. The van der Waals surface area contributed by atoms with Gasteiger partial charge in [0.15, 0.2) is 0 Å². The number of carbonyl (C=O) groups excluding carboxylic acids is 1. The highest BCUT2D eigenvalue weighted by atomic mass is 32.1. The largest absolute Gasteiger partial charge is 0.469 e. The minimum Gasteiger partial charge on any atom is -0.469 e. The van der Waals surface area contributed by atoms with Crippen molar-refractivity contribution in [3.63, 3.8) is 0 Å². The number of carbonyl (C=O) groups is 1. The van der Waals surface area contributed by atoms with Gasteiger partial charge in [-0.15, -0.1) is 11.3 Å². The van der Waals surface area contributed by atoms with E-state index in [0.717, 1.165) is 25.9 Å². The van der Waals surface area contributed by atoms with Gasteiger partial charge >= 0.3 is 5.97 Å². The van der Waals surface area contributed by atoms with Gasteiger partial charge in [-0.05, 0) is 43.8 Å². The van der Waals surface area contributed by atoms with Crippen molar-refractivity contribution in [1.82, 2.24) is 4.90 Å². The van der Waals surface area contributed by atoms with Crippen LogP contribution in [-0.2, 0) is 16.0 Å². The normalized spacial score (nSPS) is 12.7. The molecule has 1 heterocycles. The maximum absolute atomic E-state index is 11.5. The van der Waals surface area contributed by atoms with E-state index in [-0.39, 0.29) is 11.9 Å². The first-order valence-electron chi connectivity index (χ1n) is 6.37. The molecule has 0 aliphatic carbocycles. The lowest BCUT2D eigenvalue weighted by Gasteiger charge is -2.21. The molecule has 0 N–H and O–H groups in total. The molecule has 0 radical (unpaired) electrons. The van der Waals surface area contributed by atoms with Gasteiger partial charge in [0.25, 0.3) is 0 Å². The molecule has 3 nitrogen and oxygen atoms in total. The number of ether oxygens (including phenoxy) is 1.